The Labute approximate surface area is 180 Å². The average Bonchev–Trinajstić information content (AvgIpc) is 2.68. The van der Waals surface area contributed by atoms with Gasteiger partial charge in [-0.2, -0.15) is 13.2 Å². The summed E-state index contributed by atoms with van der Waals surface area (Å²) in [6.07, 6.45) is -4.70. The molecule has 0 bridgehead atoms. The van der Waals surface area contributed by atoms with E-state index in [1.54, 1.807) is 0 Å². The smallest absolute Gasteiger partial charge is 0.325 e. The quantitative estimate of drug-likeness (QED) is 0.448. The van der Waals surface area contributed by atoms with Crippen molar-refractivity contribution in [2.24, 2.45) is 0 Å². The number of hydrogen-bond donors (Lipinski definition) is 1. The number of halogens is 4. The summed E-state index contributed by atoms with van der Waals surface area (Å²) in [5.41, 5.74) is -1.43. The first-order valence-electron chi connectivity index (χ1n) is 8.70. The lowest BCUT2D eigenvalue weighted by Gasteiger charge is -2.17. The Balaban J connectivity index is 1.95. The van der Waals surface area contributed by atoms with Gasteiger partial charge in [0.2, 0.25) is 15.9 Å². The number of nitro benzene ring substituents is 1. The van der Waals surface area contributed by atoms with Crippen LogP contribution in [0.4, 0.5) is 24.5 Å². The first kappa shape index (κ1) is 24.6. The van der Waals surface area contributed by atoms with E-state index < -0.39 is 32.6 Å². The monoisotopic (exact) mass is 479 g/mol. The van der Waals surface area contributed by atoms with Gasteiger partial charge in [-0.3, -0.25) is 14.9 Å². The zero-order valence-electron chi connectivity index (χ0n) is 16.0. The number of amides is 1. The van der Waals surface area contributed by atoms with Crippen molar-refractivity contribution >= 4 is 38.9 Å². The molecule has 1 amide bonds. The van der Waals surface area contributed by atoms with Crippen molar-refractivity contribution < 1.29 is 31.3 Å². The van der Waals surface area contributed by atoms with Gasteiger partial charge in [0.15, 0.2) is 0 Å². The van der Waals surface area contributed by atoms with E-state index in [4.69, 9.17) is 11.6 Å². The maximum atomic E-state index is 12.8. The van der Waals surface area contributed by atoms with Crippen molar-refractivity contribution in [1.29, 1.82) is 0 Å². The van der Waals surface area contributed by atoms with Crippen LogP contribution in [-0.2, 0) is 21.0 Å². The first-order chi connectivity index (χ1) is 14.3. The summed E-state index contributed by atoms with van der Waals surface area (Å²) in [6, 6.07) is 6.85. The van der Waals surface area contributed by atoms with Gasteiger partial charge in [0.25, 0.3) is 5.69 Å². The number of carbonyl (C=O) groups is 1. The number of nitrogens with one attached hydrogen (secondary N) is 1. The minimum Gasteiger partial charge on any atom is -0.325 e. The molecule has 0 saturated carbocycles. The number of non-ortho nitro benzene ring substituents is 1. The van der Waals surface area contributed by atoms with E-state index >= 15 is 0 Å². The molecule has 168 valence electrons. The summed E-state index contributed by atoms with van der Waals surface area (Å²) in [5.74, 6) is -0.637. The van der Waals surface area contributed by atoms with E-state index in [1.807, 2.05) is 0 Å². The largest absolute Gasteiger partial charge is 0.416 e. The Bertz CT molecular complexity index is 1080. The molecule has 2 aromatic carbocycles. The average molecular weight is 480 g/mol. The lowest BCUT2D eigenvalue weighted by atomic mass is 10.2. The molecular weight excluding hydrogens is 463 g/mol. The van der Waals surface area contributed by atoms with Crippen LogP contribution < -0.4 is 5.32 Å². The second-order valence-corrected chi connectivity index (χ2v) is 8.87. The molecule has 0 saturated heterocycles. The van der Waals surface area contributed by atoms with Crippen LogP contribution in [0.3, 0.4) is 0 Å². The van der Waals surface area contributed by atoms with E-state index in [1.165, 1.54) is 7.05 Å². The van der Waals surface area contributed by atoms with E-state index in [0.29, 0.717) is 6.07 Å². The number of sulfonamides is 1. The standard InChI is InChI=1S/C18H17ClF3N3O5S/c1-24(31(29,30)14-7-5-13(6-8-14)25(27)28)10-2-3-17(26)23-16-11-12(18(20,21)22)4-9-15(16)19/h4-9,11H,2-3,10H2,1H3,(H,23,26). The number of benzene rings is 2. The highest BCUT2D eigenvalue weighted by Gasteiger charge is 2.31. The molecule has 0 aromatic heterocycles. The van der Waals surface area contributed by atoms with Gasteiger partial charge in [0.1, 0.15) is 0 Å². The number of rotatable bonds is 8. The third-order valence-electron chi connectivity index (χ3n) is 4.20. The van der Waals surface area contributed by atoms with Crippen molar-refractivity contribution in [3.8, 4) is 0 Å². The fourth-order valence-electron chi connectivity index (χ4n) is 2.51. The number of nitro groups is 1. The molecule has 0 spiro atoms. The number of nitrogens with zero attached hydrogens (tertiary/aromatic N) is 2. The van der Waals surface area contributed by atoms with Gasteiger partial charge in [-0.25, -0.2) is 12.7 Å². The van der Waals surface area contributed by atoms with Crippen LogP contribution in [0.15, 0.2) is 47.4 Å². The van der Waals surface area contributed by atoms with Gasteiger partial charge in [-0.1, -0.05) is 11.6 Å². The van der Waals surface area contributed by atoms with Gasteiger partial charge in [0, 0.05) is 32.1 Å². The molecule has 0 atom stereocenters. The molecule has 13 heteroatoms. The van der Waals surface area contributed by atoms with Gasteiger partial charge in [-0.15, -0.1) is 0 Å². The number of carbonyl (C=O) groups excluding carboxylic acids is 1. The van der Waals surface area contributed by atoms with Crippen LogP contribution in [0.1, 0.15) is 18.4 Å². The summed E-state index contributed by atoms with van der Waals surface area (Å²) < 4.78 is 64.3. The van der Waals surface area contributed by atoms with Crippen LogP contribution in [0.25, 0.3) is 0 Å². The lowest BCUT2D eigenvalue weighted by Crippen LogP contribution is -2.28. The molecule has 0 unspecified atom stereocenters. The summed E-state index contributed by atoms with van der Waals surface area (Å²) in [7, 11) is -2.66. The minimum absolute atomic E-state index is 0.0664. The molecule has 0 aliphatic heterocycles. The molecule has 0 aliphatic carbocycles. The summed E-state index contributed by atoms with van der Waals surface area (Å²) in [6.45, 7) is -0.0664. The molecule has 0 fully saturated rings. The highest BCUT2D eigenvalue weighted by atomic mass is 35.5. The Kier molecular flexibility index (Phi) is 7.63. The van der Waals surface area contributed by atoms with Gasteiger partial charge in [-0.05, 0) is 36.8 Å². The fourth-order valence-corrected chi connectivity index (χ4v) is 3.89. The van der Waals surface area contributed by atoms with E-state index in [0.717, 1.165) is 40.7 Å². The zero-order valence-corrected chi connectivity index (χ0v) is 17.6. The van der Waals surface area contributed by atoms with Gasteiger partial charge in [0.05, 0.1) is 26.1 Å². The highest BCUT2D eigenvalue weighted by molar-refractivity contribution is 7.89. The zero-order chi connectivity index (χ0) is 23.4. The van der Waals surface area contributed by atoms with E-state index in [2.05, 4.69) is 5.32 Å². The Morgan fingerprint density at radius 1 is 1.19 bits per heavy atom. The van der Waals surface area contributed by atoms with Gasteiger partial charge >= 0.3 is 6.18 Å². The maximum absolute atomic E-state index is 12.8. The molecule has 8 nitrogen and oxygen atoms in total. The van der Waals surface area contributed by atoms with Crippen molar-refractivity contribution in [3.63, 3.8) is 0 Å². The predicted octanol–water partition coefficient (Wildman–Crippen LogP) is 4.31. The van der Waals surface area contributed by atoms with Crippen LogP contribution in [0.5, 0.6) is 0 Å². The van der Waals surface area contributed by atoms with Crippen LogP contribution in [-0.4, -0.2) is 37.1 Å². The van der Waals surface area contributed by atoms with Gasteiger partial charge < -0.3 is 5.32 Å². The predicted molar refractivity (Wildman–Crippen MR) is 107 cm³/mol. The second kappa shape index (κ2) is 9.62. The van der Waals surface area contributed by atoms with Crippen LogP contribution in [0.2, 0.25) is 5.02 Å². The third-order valence-corrected chi connectivity index (χ3v) is 6.40. The summed E-state index contributed by atoms with van der Waals surface area (Å²) in [5, 5.41) is 12.9. The molecule has 2 aromatic rings. The summed E-state index contributed by atoms with van der Waals surface area (Å²) >= 11 is 5.82. The first-order valence-corrected chi connectivity index (χ1v) is 10.5. The SMILES string of the molecule is CN(CCCC(=O)Nc1cc(C(F)(F)F)ccc1Cl)S(=O)(=O)c1ccc([N+](=O)[O-])cc1. The normalized spacial score (nSPS) is 12.1. The Morgan fingerprint density at radius 2 is 1.81 bits per heavy atom. The molecule has 1 N–H and O–H groups in total. The molecular formula is C18H17ClF3N3O5S. The van der Waals surface area contributed by atoms with E-state index in [-0.39, 0.29) is 40.7 Å². The molecule has 0 radical (unpaired) electrons. The lowest BCUT2D eigenvalue weighted by molar-refractivity contribution is -0.384. The second-order valence-electron chi connectivity index (χ2n) is 6.42. The molecule has 0 heterocycles. The van der Waals surface area contributed by atoms with E-state index in [9.17, 15) is 36.5 Å². The Morgan fingerprint density at radius 3 is 2.35 bits per heavy atom. The highest BCUT2D eigenvalue weighted by Crippen LogP contribution is 2.33. The molecule has 2 rings (SSSR count). The Hall–Kier alpha value is -2.70. The van der Waals surface area contributed by atoms with Crippen molar-refractivity contribution in [1.82, 2.24) is 4.31 Å². The number of hydrogen-bond acceptors (Lipinski definition) is 5. The number of anilines is 1. The van der Waals surface area contributed by atoms with Crippen molar-refractivity contribution in [2.45, 2.75) is 23.9 Å². The topological polar surface area (TPSA) is 110 Å². The summed E-state index contributed by atoms with van der Waals surface area (Å²) in [4.78, 5) is 21.9. The maximum Gasteiger partial charge on any atom is 0.416 e. The number of alkyl halides is 3. The minimum atomic E-state index is -4.60. The fraction of sp³-hybridized carbons (Fsp3) is 0.278. The third kappa shape index (κ3) is 6.39. The van der Waals surface area contributed by atoms with Crippen LogP contribution >= 0.6 is 11.6 Å². The molecule has 0 aliphatic rings. The molecule has 31 heavy (non-hydrogen) atoms. The van der Waals surface area contributed by atoms with Crippen molar-refractivity contribution in [3.05, 3.63) is 63.2 Å². The van der Waals surface area contributed by atoms with Crippen LogP contribution in [0, 0.1) is 10.1 Å². The van der Waals surface area contributed by atoms with Crippen molar-refractivity contribution in [2.75, 3.05) is 18.9 Å².